The number of nitrogens with zero attached hydrogens (tertiary/aromatic N) is 1. The molecule has 0 saturated heterocycles. The summed E-state index contributed by atoms with van der Waals surface area (Å²) in [7, 11) is 0. The minimum absolute atomic E-state index is 0.0891. The molecule has 1 unspecified atom stereocenters. The Bertz CT molecular complexity index is 914. The Balaban J connectivity index is 0.000000396. The van der Waals surface area contributed by atoms with Crippen LogP contribution in [0.2, 0.25) is 0 Å². The molecule has 6 nitrogen and oxygen atoms in total. The summed E-state index contributed by atoms with van der Waals surface area (Å²) in [5, 5.41) is 13.5. The Kier molecular flexibility index (Phi) is 7.55. The maximum atomic E-state index is 12.5. The number of aromatic nitrogens is 1. The van der Waals surface area contributed by atoms with Gasteiger partial charge in [0.05, 0.1) is 11.9 Å². The van der Waals surface area contributed by atoms with Crippen molar-refractivity contribution in [1.82, 2.24) is 10.3 Å². The summed E-state index contributed by atoms with van der Waals surface area (Å²) in [5.74, 6) is -1.97. The van der Waals surface area contributed by atoms with Gasteiger partial charge in [-0.05, 0) is 46.7 Å². The predicted octanol–water partition coefficient (Wildman–Crippen LogP) is 4.30. The highest BCUT2D eigenvalue weighted by Crippen LogP contribution is 2.25. The number of halogens is 3. The number of benzene rings is 1. The first-order valence-corrected chi connectivity index (χ1v) is 9.39. The quantitative estimate of drug-likeness (QED) is 0.685. The second-order valence-corrected chi connectivity index (χ2v) is 7.36. The van der Waals surface area contributed by atoms with E-state index in [0.717, 1.165) is 24.3 Å². The minimum Gasteiger partial charge on any atom is -0.475 e. The van der Waals surface area contributed by atoms with Gasteiger partial charge in [0.2, 0.25) is 0 Å². The van der Waals surface area contributed by atoms with Gasteiger partial charge in [-0.1, -0.05) is 26.8 Å². The number of aliphatic carboxylic acids is 1. The molecule has 1 amide bonds. The van der Waals surface area contributed by atoms with Gasteiger partial charge >= 0.3 is 12.1 Å². The Hall–Kier alpha value is -2.94. The normalized spacial score (nSPS) is 15.6. The van der Waals surface area contributed by atoms with Crippen LogP contribution in [0.1, 0.15) is 59.7 Å². The predicted molar refractivity (Wildman–Crippen MR) is 107 cm³/mol. The topological polar surface area (TPSA) is 91.3 Å². The van der Waals surface area contributed by atoms with Gasteiger partial charge in [0.25, 0.3) is 5.91 Å². The molecule has 2 heterocycles. The standard InChI is InChI=1S/C19H23N3O.C2HF3O2/c1-12(2)15-7-17(11-21-9-15)22-19(23)14-4-5-18-13(3)8-20-10-16(18)6-14;3-2(4,5)1(6)7/h4-7,9,11-13,20H,8,10H2,1-3H3,(H,22,23);(H,6,7). The fraction of sp³-hybridized carbons (Fsp3) is 0.381. The van der Waals surface area contributed by atoms with Gasteiger partial charge in [0, 0.05) is 24.8 Å². The molecule has 0 spiro atoms. The largest absolute Gasteiger partial charge is 0.490 e. The van der Waals surface area contributed by atoms with E-state index in [1.54, 1.807) is 6.20 Å². The van der Waals surface area contributed by atoms with Crippen LogP contribution < -0.4 is 10.6 Å². The average Bonchev–Trinajstić information content (AvgIpc) is 2.68. The molecule has 2 aromatic rings. The number of pyridine rings is 1. The SMILES string of the molecule is CC(C)c1cncc(NC(=O)c2ccc3c(c2)CNCC3C)c1.O=C(O)C(F)(F)F. The van der Waals surface area contributed by atoms with Crippen molar-refractivity contribution in [3.05, 3.63) is 58.9 Å². The third kappa shape index (κ3) is 6.28. The van der Waals surface area contributed by atoms with Crippen molar-refractivity contribution >= 4 is 17.6 Å². The number of rotatable bonds is 3. The van der Waals surface area contributed by atoms with E-state index in [2.05, 4.69) is 42.5 Å². The van der Waals surface area contributed by atoms with Crippen LogP contribution in [0.4, 0.5) is 18.9 Å². The minimum atomic E-state index is -5.08. The zero-order valence-electron chi connectivity index (χ0n) is 16.9. The highest BCUT2D eigenvalue weighted by atomic mass is 19.4. The number of hydrogen-bond donors (Lipinski definition) is 3. The molecule has 1 atom stereocenters. The molecule has 3 rings (SSSR count). The van der Waals surface area contributed by atoms with Crippen LogP contribution in [-0.2, 0) is 11.3 Å². The number of carbonyl (C=O) groups excluding carboxylic acids is 1. The Morgan fingerprint density at radius 2 is 1.90 bits per heavy atom. The highest BCUT2D eigenvalue weighted by molar-refractivity contribution is 6.04. The lowest BCUT2D eigenvalue weighted by Crippen LogP contribution is -2.27. The zero-order valence-corrected chi connectivity index (χ0v) is 16.9. The fourth-order valence-electron chi connectivity index (χ4n) is 2.96. The number of carboxylic acids is 1. The van der Waals surface area contributed by atoms with E-state index in [0.29, 0.717) is 17.4 Å². The van der Waals surface area contributed by atoms with Crippen LogP contribution in [0.25, 0.3) is 0 Å². The molecule has 0 saturated carbocycles. The monoisotopic (exact) mass is 423 g/mol. The van der Waals surface area contributed by atoms with E-state index in [9.17, 15) is 18.0 Å². The number of hydrogen-bond acceptors (Lipinski definition) is 4. The molecule has 1 aliphatic rings. The lowest BCUT2D eigenvalue weighted by molar-refractivity contribution is -0.192. The molecule has 0 radical (unpaired) electrons. The molecule has 1 aromatic carbocycles. The first kappa shape index (κ1) is 23.3. The van der Waals surface area contributed by atoms with Crippen molar-refractivity contribution in [3.63, 3.8) is 0 Å². The van der Waals surface area contributed by atoms with Crippen LogP contribution in [-0.4, -0.2) is 34.7 Å². The van der Waals surface area contributed by atoms with E-state index >= 15 is 0 Å². The Labute approximate surface area is 172 Å². The Morgan fingerprint density at radius 1 is 1.23 bits per heavy atom. The van der Waals surface area contributed by atoms with Gasteiger partial charge in [-0.25, -0.2) is 4.79 Å². The summed E-state index contributed by atoms with van der Waals surface area (Å²) >= 11 is 0. The van der Waals surface area contributed by atoms with Gasteiger partial charge in [-0.15, -0.1) is 0 Å². The van der Waals surface area contributed by atoms with Crippen LogP contribution in [0.15, 0.2) is 36.7 Å². The summed E-state index contributed by atoms with van der Waals surface area (Å²) in [6.07, 6.45) is -1.56. The van der Waals surface area contributed by atoms with Crippen molar-refractivity contribution in [2.75, 3.05) is 11.9 Å². The highest BCUT2D eigenvalue weighted by Gasteiger charge is 2.38. The van der Waals surface area contributed by atoms with E-state index in [1.165, 1.54) is 11.1 Å². The first-order chi connectivity index (χ1) is 14.0. The third-order valence-corrected chi connectivity index (χ3v) is 4.63. The smallest absolute Gasteiger partial charge is 0.475 e. The lowest BCUT2D eigenvalue weighted by atomic mass is 9.91. The molecule has 1 aliphatic heterocycles. The van der Waals surface area contributed by atoms with Gasteiger partial charge in [-0.3, -0.25) is 9.78 Å². The van der Waals surface area contributed by atoms with Crippen molar-refractivity contribution in [2.24, 2.45) is 0 Å². The van der Waals surface area contributed by atoms with Crippen molar-refractivity contribution < 1.29 is 27.9 Å². The summed E-state index contributed by atoms with van der Waals surface area (Å²) in [5.41, 5.74) is 5.10. The summed E-state index contributed by atoms with van der Waals surface area (Å²) in [4.78, 5) is 25.6. The third-order valence-electron chi connectivity index (χ3n) is 4.63. The van der Waals surface area contributed by atoms with E-state index in [-0.39, 0.29) is 5.91 Å². The molecule has 9 heteroatoms. The molecular weight excluding hydrogens is 399 g/mol. The van der Waals surface area contributed by atoms with Crippen LogP contribution >= 0.6 is 0 Å². The lowest BCUT2D eigenvalue weighted by Gasteiger charge is -2.23. The zero-order chi connectivity index (χ0) is 22.5. The van der Waals surface area contributed by atoms with Crippen molar-refractivity contribution in [1.29, 1.82) is 0 Å². The molecule has 1 aromatic heterocycles. The number of anilines is 1. The molecule has 30 heavy (non-hydrogen) atoms. The van der Waals surface area contributed by atoms with Gasteiger partial charge in [0.1, 0.15) is 0 Å². The molecule has 0 aliphatic carbocycles. The van der Waals surface area contributed by atoms with E-state index < -0.39 is 12.1 Å². The number of carbonyl (C=O) groups is 2. The van der Waals surface area contributed by atoms with Gasteiger partial charge in [-0.2, -0.15) is 13.2 Å². The second kappa shape index (κ2) is 9.71. The molecule has 3 N–H and O–H groups in total. The van der Waals surface area contributed by atoms with Crippen LogP contribution in [0, 0.1) is 0 Å². The number of carboxylic acid groups (broad SMARTS) is 1. The summed E-state index contributed by atoms with van der Waals surface area (Å²) < 4.78 is 31.7. The number of amides is 1. The number of nitrogens with one attached hydrogen (secondary N) is 2. The molecule has 0 fully saturated rings. The number of fused-ring (bicyclic) bond motifs is 1. The fourth-order valence-corrected chi connectivity index (χ4v) is 2.96. The van der Waals surface area contributed by atoms with E-state index in [4.69, 9.17) is 9.90 Å². The second-order valence-electron chi connectivity index (χ2n) is 7.36. The Morgan fingerprint density at radius 3 is 2.50 bits per heavy atom. The van der Waals surface area contributed by atoms with Crippen LogP contribution in [0.5, 0.6) is 0 Å². The average molecular weight is 423 g/mol. The number of alkyl halides is 3. The van der Waals surface area contributed by atoms with Crippen LogP contribution in [0.3, 0.4) is 0 Å². The van der Waals surface area contributed by atoms with Gasteiger partial charge in [0.15, 0.2) is 0 Å². The summed E-state index contributed by atoms with van der Waals surface area (Å²) in [6, 6.07) is 7.97. The van der Waals surface area contributed by atoms with E-state index in [1.807, 2.05) is 24.4 Å². The first-order valence-electron chi connectivity index (χ1n) is 9.39. The molecule has 162 valence electrons. The summed E-state index contributed by atoms with van der Waals surface area (Å²) in [6.45, 7) is 8.24. The molecule has 0 bridgehead atoms. The molecular formula is C21H24F3N3O3. The van der Waals surface area contributed by atoms with Gasteiger partial charge < -0.3 is 15.7 Å². The van der Waals surface area contributed by atoms with Crippen molar-refractivity contribution in [3.8, 4) is 0 Å². The maximum absolute atomic E-state index is 12.5. The maximum Gasteiger partial charge on any atom is 0.490 e. The van der Waals surface area contributed by atoms with Crippen molar-refractivity contribution in [2.45, 2.75) is 45.3 Å².